The molecule has 194 valence electrons. The first-order valence-electron chi connectivity index (χ1n) is 11.9. The molecule has 0 aliphatic carbocycles. The average molecular weight is 723 g/mol. The zero-order valence-corrected chi connectivity index (χ0v) is 24.5. The van der Waals surface area contributed by atoms with Gasteiger partial charge in [0.15, 0.2) is 16.3 Å². The van der Waals surface area contributed by atoms with Gasteiger partial charge >= 0.3 is 26.2 Å². The Morgan fingerprint density at radius 3 is 0.800 bits per heavy atom. The second-order valence-electron chi connectivity index (χ2n) is 8.51. The number of fused-ring (bicyclic) bond motifs is 3. The van der Waals surface area contributed by atoms with Gasteiger partial charge in [0, 0.05) is 0 Å². The minimum Gasteiger partial charge on any atom is -0.870 e. The van der Waals surface area contributed by atoms with Crippen molar-refractivity contribution in [3.8, 4) is 17.2 Å². The maximum absolute atomic E-state index is 11.1. The van der Waals surface area contributed by atoms with Crippen molar-refractivity contribution in [1.29, 1.82) is 0 Å². The SMILES string of the molecule is O=c1cc2ccccc2ccc1[O-].O=c1cc2ccccc2ccc1[O-].O=c1cc2ccccc2ccc1[O-].[Bi+3]. The molecule has 0 unspecified atom stereocenters. The molecule has 6 rings (SSSR count). The van der Waals surface area contributed by atoms with E-state index in [1.165, 1.54) is 36.4 Å². The van der Waals surface area contributed by atoms with Crippen molar-refractivity contribution in [3.05, 3.63) is 158 Å². The minimum atomic E-state index is -0.462. The van der Waals surface area contributed by atoms with E-state index >= 15 is 0 Å². The third-order valence-corrected chi connectivity index (χ3v) is 5.82. The summed E-state index contributed by atoms with van der Waals surface area (Å²) in [6, 6.07) is 35.2. The number of hydrogen-bond acceptors (Lipinski definition) is 6. The summed E-state index contributed by atoms with van der Waals surface area (Å²) in [5.74, 6) is -1.39. The molecular weight excluding hydrogens is 701 g/mol. The van der Waals surface area contributed by atoms with E-state index in [0.29, 0.717) is 0 Å². The molecule has 7 heteroatoms. The Morgan fingerprint density at radius 1 is 0.325 bits per heavy atom. The maximum atomic E-state index is 11.1. The molecule has 0 N–H and O–H groups in total. The van der Waals surface area contributed by atoms with E-state index in [-0.39, 0.29) is 26.2 Å². The molecule has 0 bridgehead atoms. The van der Waals surface area contributed by atoms with Crippen LogP contribution in [0.1, 0.15) is 0 Å². The standard InChI is InChI=1S/3C11H8O2.Bi/c3*12-10-6-5-8-3-1-2-4-9(8)7-11(10)13;/h3*1-7H,(H,12,13);/q;;;+3/p-3. The molecule has 0 amide bonds. The molecule has 0 heterocycles. The van der Waals surface area contributed by atoms with Crippen LogP contribution in [0.5, 0.6) is 17.2 Å². The number of hydrogen-bond donors (Lipinski definition) is 0. The van der Waals surface area contributed by atoms with E-state index in [1.54, 1.807) is 18.2 Å². The van der Waals surface area contributed by atoms with Crippen LogP contribution >= 0.6 is 0 Å². The van der Waals surface area contributed by atoms with Gasteiger partial charge in [0.05, 0.1) is 0 Å². The van der Waals surface area contributed by atoms with E-state index in [2.05, 4.69) is 0 Å². The Labute approximate surface area is 248 Å². The number of rotatable bonds is 0. The average Bonchev–Trinajstić information content (AvgIpc) is 3.26. The molecular formula is C33H21BiO6. The summed E-state index contributed by atoms with van der Waals surface area (Å²) in [7, 11) is 0. The third kappa shape index (κ3) is 7.71. The van der Waals surface area contributed by atoms with E-state index in [4.69, 9.17) is 0 Å². The van der Waals surface area contributed by atoms with Crippen molar-refractivity contribution in [2.45, 2.75) is 0 Å². The maximum Gasteiger partial charge on any atom is 3.00 e. The molecule has 6 aromatic carbocycles. The summed E-state index contributed by atoms with van der Waals surface area (Å²) in [6.45, 7) is 0. The van der Waals surface area contributed by atoms with E-state index < -0.39 is 33.5 Å². The number of benzene rings is 3. The molecule has 0 saturated carbocycles. The molecule has 0 spiro atoms. The zero-order valence-electron chi connectivity index (χ0n) is 21.0. The second-order valence-corrected chi connectivity index (χ2v) is 8.51. The quantitative estimate of drug-likeness (QED) is 0.222. The van der Waals surface area contributed by atoms with Crippen LogP contribution < -0.4 is 31.6 Å². The van der Waals surface area contributed by atoms with Crippen LogP contribution in [0.15, 0.2) is 142 Å². The second kappa shape index (κ2) is 14.0. The van der Waals surface area contributed by atoms with Gasteiger partial charge in [-0.1, -0.05) is 126 Å². The van der Waals surface area contributed by atoms with Crippen molar-refractivity contribution in [2.24, 2.45) is 0 Å². The van der Waals surface area contributed by atoms with Gasteiger partial charge in [-0.2, -0.15) is 0 Å². The monoisotopic (exact) mass is 722 g/mol. The van der Waals surface area contributed by atoms with Crippen molar-refractivity contribution < 1.29 is 15.3 Å². The van der Waals surface area contributed by atoms with Crippen molar-refractivity contribution in [1.82, 2.24) is 0 Å². The first-order chi connectivity index (χ1) is 18.8. The van der Waals surface area contributed by atoms with Crippen molar-refractivity contribution in [2.75, 3.05) is 0 Å². The normalized spacial score (nSPS) is 9.90. The predicted octanol–water partition coefficient (Wildman–Crippen LogP) is 3.44. The smallest absolute Gasteiger partial charge is 0.870 e. The fraction of sp³-hybridized carbons (Fsp3) is 0. The first kappa shape index (κ1) is 29.9. The third-order valence-electron chi connectivity index (χ3n) is 5.82. The van der Waals surface area contributed by atoms with Crippen LogP contribution in [0.25, 0.3) is 32.3 Å². The molecule has 6 aromatic rings. The zero-order chi connectivity index (χ0) is 27.8. The van der Waals surface area contributed by atoms with Gasteiger partial charge in [-0.15, -0.1) is 0 Å². The fourth-order valence-electron chi connectivity index (χ4n) is 3.76. The van der Waals surface area contributed by atoms with Gasteiger partial charge in [-0.25, -0.2) is 0 Å². The van der Waals surface area contributed by atoms with Crippen molar-refractivity contribution >= 4 is 58.5 Å². The van der Waals surface area contributed by atoms with E-state index in [9.17, 15) is 29.7 Å². The first-order valence-corrected chi connectivity index (χ1v) is 11.9. The largest absolute Gasteiger partial charge is 3.00 e. The van der Waals surface area contributed by atoms with Crippen LogP contribution in [-0.4, -0.2) is 26.2 Å². The Hall–Kier alpha value is -4.61. The molecule has 0 aromatic heterocycles. The van der Waals surface area contributed by atoms with E-state index in [1.807, 2.05) is 72.8 Å². The molecule has 0 saturated heterocycles. The molecule has 0 fully saturated rings. The van der Waals surface area contributed by atoms with E-state index in [0.717, 1.165) is 32.3 Å². The summed E-state index contributed by atoms with van der Waals surface area (Å²) in [4.78, 5) is 33.4. The predicted molar refractivity (Wildman–Crippen MR) is 155 cm³/mol. The Kier molecular flexibility index (Phi) is 10.5. The van der Waals surface area contributed by atoms with Gasteiger partial charge in [0.2, 0.25) is 0 Å². The van der Waals surface area contributed by atoms with Crippen molar-refractivity contribution in [3.63, 3.8) is 0 Å². The van der Waals surface area contributed by atoms with Gasteiger partial charge < -0.3 is 15.3 Å². The molecule has 40 heavy (non-hydrogen) atoms. The Balaban J connectivity index is 0.000000163. The van der Waals surface area contributed by atoms with Crippen LogP contribution in [0, 0.1) is 0 Å². The Morgan fingerprint density at radius 2 is 0.550 bits per heavy atom. The summed E-state index contributed by atoms with van der Waals surface area (Å²) in [6.07, 6.45) is 0. The molecule has 0 aliphatic rings. The van der Waals surface area contributed by atoms with Gasteiger partial charge in [0.25, 0.3) is 0 Å². The summed E-state index contributed by atoms with van der Waals surface area (Å²) < 4.78 is 0. The molecule has 6 nitrogen and oxygen atoms in total. The summed E-state index contributed by atoms with van der Waals surface area (Å²) in [5, 5.41) is 38.2. The van der Waals surface area contributed by atoms with Gasteiger partial charge in [-0.05, 0) is 50.5 Å². The van der Waals surface area contributed by atoms with Gasteiger partial charge in [0.1, 0.15) is 0 Å². The molecule has 0 atom stereocenters. The van der Waals surface area contributed by atoms with Crippen LogP contribution in [0.2, 0.25) is 0 Å². The topological polar surface area (TPSA) is 120 Å². The fourth-order valence-corrected chi connectivity index (χ4v) is 3.76. The van der Waals surface area contributed by atoms with Crippen LogP contribution in [-0.2, 0) is 0 Å². The van der Waals surface area contributed by atoms with Crippen LogP contribution in [0.3, 0.4) is 0 Å². The summed E-state index contributed by atoms with van der Waals surface area (Å²) >= 11 is 0. The molecule has 2 radical (unpaired) electrons. The van der Waals surface area contributed by atoms with Crippen LogP contribution in [0.4, 0.5) is 0 Å². The minimum absolute atomic E-state index is 0. The molecule has 0 aliphatic heterocycles. The van der Waals surface area contributed by atoms with Gasteiger partial charge in [-0.3, -0.25) is 14.4 Å². The Bertz CT molecular complexity index is 1750. The summed E-state index contributed by atoms with van der Waals surface area (Å²) in [5.41, 5.74) is -1.37.